The Balaban J connectivity index is 1.77. The molecule has 0 spiro atoms. The zero-order chi connectivity index (χ0) is 18.5. The van der Waals surface area contributed by atoms with Gasteiger partial charge in [-0.3, -0.25) is 9.89 Å². The minimum Gasteiger partial charge on any atom is -0.394 e. The number of hydrogen-bond donors (Lipinski definition) is 3. The second-order valence-corrected chi connectivity index (χ2v) is 6.59. The molecular weight excluding hydrogens is 350 g/mol. The van der Waals surface area contributed by atoms with E-state index < -0.39 is 6.04 Å². The molecule has 1 atom stereocenters. The maximum Gasteiger partial charge on any atom is 0.255 e. The highest BCUT2D eigenvalue weighted by Gasteiger charge is 2.20. The Morgan fingerprint density at radius 2 is 2.08 bits per heavy atom. The fourth-order valence-electron chi connectivity index (χ4n) is 2.88. The molecule has 1 amide bonds. The third-order valence-electron chi connectivity index (χ3n) is 4.15. The number of aromatic nitrogens is 2. The molecule has 0 saturated heterocycles. The molecule has 1 heterocycles. The summed E-state index contributed by atoms with van der Waals surface area (Å²) in [5, 5.41) is 19.9. The molecule has 26 heavy (non-hydrogen) atoms. The number of carbonyl (C=O) groups excluding carboxylic acids is 1. The Hall–Kier alpha value is -2.63. The van der Waals surface area contributed by atoms with Gasteiger partial charge in [-0.2, -0.15) is 5.10 Å². The average Bonchev–Trinajstić information content (AvgIpc) is 3.11. The van der Waals surface area contributed by atoms with Gasteiger partial charge in [0.05, 0.1) is 30.1 Å². The first-order chi connectivity index (χ1) is 12.6. The van der Waals surface area contributed by atoms with Gasteiger partial charge in [-0.15, -0.1) is 0 Å². The molecule has 134 valence electrons. The quantitative estimate of drug-likeness (QED) is 0.623. The third kappa shape index (κ3) is 4.12. The van der Waals surface area contributed by atoms with Gasteiger partial charge in [0.25, 0.3) is 5.91 Å². The Morgan fingerprint density at radius 3 is 2.81 bits per heavy atom. The maximum absolute atomic E-state index is 12.7. The van der Waals surface area contributed by atoms with Crippen molar-refractivity contribution in [3.8, 4) is 11.3 Å². The first-order valence-corrected chi connectivity index (χ1v) is 8.72. The summed E-state index contributed by atoms with van der Waals surface area (Å²) in [6.45, 7) is 1.86. The van der Waals surface area contributed by atoms with Gasteiger partial charge < -0.3 is 10.4 Å². The number of hydrogen-bond acceptors (Lipinski definition) is 3. The summed E-state index contributed by atoms with van der Waals surface area (Å²) in [7, 11) is 0. The van der Waals surface area contributed by atoms with Crippen LogP contribution in [0.4, 0.5) is 0 Å². The van der Waals surface area contributed by atoms with Crippen LogP contribution in [0.15, 0.2) is 54.7 Å². The number of aromatic amines is 1. The molecule has 1 unspecified atom stereocenters. The lowest BCUT2D eigenvalue weighted by atomic mass is 10.0. The molecule has 0 fully saturated rings. The fraction of sp³-hybridized carbons (Fsp3) is 0.200. The van der Waals surface area contributed by atoms with E-state index in [1.807, 2.05) is 49.4 Å². The molecule has 3 N–H and O–H groups in total. The lowest BCUT2D eigenvalue weighted by Gasteiger charge is -2.17. The van der Waals surface area contributed by atoms with Gasteiger partial charge in [-0.05, 0) is 25.0 Å². The summed E-state index contributed by atoms with van der Waals surface area (Å²) in [6.07, 6.45) is 2.01. The molecule has 1 aromatic heterocycles. The van der Waals surface area contributed by atoms with Crippen LogP contribution in [0.25, 0.3) is 11.3 Å². The number of aliphatic hydroxyl groups excluding tert-OH is 1. The topological polar surface area (TPSA) is 78.0 Å². The van der Waals surface area contributed by atoms with Gasteiger partial charge in [-0.25, -0.2) is 0 Å². The van der Waals surface area contributed by atoms with Gasteiger partial charge in [-0.1, -0.05) is 59.6 Å². The zero-order valence-corrected chi connectivity index (χ0v) is 15.1. The number of nitrogens with zero attached hydrogens (tertiary/aromatic N) is 1. The molecule has 0 aliphatic heterocycles. The Kier molecular flexibility index (Phi) is 5.71. The van der Waals surface area contributed by atoms with Crippen LogP contribution < -0.4 is 5.32 Å². The predicted octanol–water partition coefficient (Wildman–Crippen LogP) is 3.37. The van der Waals surface area contributed by atoms with E-state index >= 15 is 0 Å². The van der Waals surface area contributed by atoms with E-state index in [9.17, 15) is 9.90 Å². The fourth-order valence-corrected chi connectivity index (χ4v) is 3.11. The Labute approximate surface area is 157 Å². The standard InChI is InChI=1S/C20H20ClN3O2/c1-13-5-4-6-14(9-13)10-15(12-25)23-20(26)17-11-22-24-19(17)16-7-2-3-8-18(16)21/h2-9,11,15,25H,10,12H2,1H3,(H,22,24)(H,23,26). The van der Waals surface area contributed by atoms with E-state index in [0.717, 1.165) is 11.1 Å². The second-order valence-electron chi connectivity index (χ2n) is 6.18. The van der Waals surface area contributed by atoms with E-state index in [1.165, 1.54) is 6.20 Å². The SMILES string of the molecule is Cc1cccc(CC(CO)NC(=O)c2cn[nH]c2-c2ccccc2Cl)c1. The summed E-state index contributed by atoms with van der Waals surface area (Å²) in [6, 6.07) is 14.9. The molecule has 0 bridgehead atoms. The monoisotopic (exact) mass is 369 g/mol. The van der Waals surface area contributed by atoms with Gasteiger partial charge in [0.2, 0.25) is 0 Å². The summed E-state index contributed by atoms with van der Waals surface area (Å²) >= 11 is 6.23. The van der Waals surface area contributed by atoms with Gasteiger partial charge >= 0.3 is 0 Å². The van der Waals surface area contributed by atoms with Crippen molar-refractivity contribution in [3.05, 3.63) is 76.4 Å². The first kappa shape index (κ1) is 18.2. The molecule has 3 rings (SSSR count). The smallest absolute Gasteiger partial charge is 0.255 e. The summed E-state index contributed by atoms with van der Waals surface area (Å²) < 4.78 is 0. The zero-order valence-electron chi connectivity index (χ0n) is 14.4. The molecule has 2 aromatic carbocycles. The van der Waals surface area contributed by atoms with Crippen molar-refractivity contribution in [2.75, 3.05) is 6.61 Å². The van der Waals surface area contributed by atoms with Crippen LogP contribution in [0.2, 0.25) is 5.02 Å². The molecule has 3 aromatic rings. The summed E-state index contributed by atoms with van der Waals surface area (Å²) in [4.78, 5) is 12.7. The van der Waals surface area contributed by atoms with Crippen molar-refractivity contribution in [1.82, 2.24) is 15.5 Å². The van der Waals surface area contributed by atoms with Crippen LogP contribution in [-0.4, -0.2) is 33.9 Å². The Morgan fingerprint density at radius 1 is 1.27 bits per heavy atom. The van der Waals surface area contributed by atoms with Crippen molar-refractivity contribution in [2.45, 2.75) is 19.4 Å². The van der Waals surface area contributed by atoms with Gasteiger partial charge in [0, 0.05) is 10.6 Å². The minimum atomic E-state index is -0.390. The second kappa shape index (κ2) is 8.17. The highest BCUT2D eigenvalue weighted by atomic mass is 35.5. The number of nitrogens with one attached hydrogen (secondary N) is 2. The highest BCUT2D eigenvalue weighted by Crippen LogP contribution is 2.28. The van der Waals surface area contributed by atoms with Gasteiger partial charge in [0.1, 0.15) is 0 Å². The number of aliphatic hydroxyl groups is 1. The van der Waals surface area contributed by atoms with E-state index in [-0.39, 0.29) is 12.5 Å². The largest absolute Gasteiger partial charge is 0.394 e. The Bertz CT molecular complexity index is 907. The highest BCUT2D eigenvalue weighted by molar-refractivity contribution is 6.33. The number of benzene rings is 2. The van der Waals surface area contributed by atoms with Crippen LogP contribution >= 0.6 is 11.6 Å². The average molecular weight is 370 g/mol. The van der Waals surface area contributed by atoms with Crippen molar-refractivity contribution < 1.29 is 9.90 Å². The van der Waals surface area contributed by atoms with Crippen molar-refractivity contribution in [3.63, 3.8) is 0 Å². The number of halogens is 1. The summed E-state index contributed by atoms with van der Waals surface area (Å²) in [5.74, 6) is -0.305. The van der Waals surface area contributed by atoms with Crippen LogP contribution in [0.5, 0.6) is 0 Å². The lowest BCUT2D eigenvalue weighted by Crippen LogP contribution is -2.39. The van der Waals surface area contributed by atoms with Crippen LogP contribution in [0, 0.1) is 6.92 Å². The van der Waals surface area contributed by atoms with E-state index in [0.29, 0.717) is 28.3 Å². The number of rotatable bonds is 6. The van der Waals surface area contributed by atoms with Crippen LogP contribution in [-0.2, 0) is 6.42 Å². The van der Waals surface area contributed by atoms with E-state index in [4.69, 9.17) is 11.6 Å². The normalized spacial score (nSPS) is 12.0. The molecule has 0 saturated carbocycles. The molecule has 0 radical (unpaired) electrons. The van der Waals surface area contributed by atoms with Crippen molar-refractivity contribution in [1.29, 1.82) is 0 Å². The molecule has 0 aliphatic rings. The number of H-pyrrole nitrogens is 1. The third-order valence-corrected chi connectivity index (χ3v) is 4.48. The van der Waals surface area contributed by atoms with E-state index in [1.54, 1.807) is 6.07 Å². The number of carbonyl (C=O) groups is 1. The number of amides is 1. The minimum absolute atomic E-state index is 0.154. The van der Waals surface area contributed by atoms with Crippen molar-refractivity contribution >= 4 is 17.5 Å². The molecule has 5 nitrogen and oxygen atoms in total. The number of aryl methyl sites for hydroxylation is 1. The van der Waals surface area contributed by atoms with Crippen LogP contribution in [0.1, 0.15) is 21.5 Å². The predicted molar refractivity (Wildman–Crippen MR) is 102 cm³/mol. The molecular formula is C20H20ClN3O2. The van der Waals surface area contributed by atoms with Crippen LogP contribution in [0.3, 0.4) is 0 Å². The molecule has 6 heteroatoms. The van der Waals surface area contributed by atoms with Crippen molar-refractivity contribution in [2.24, 2.45) is 0 Å². The first-order valence-electron chi connectivity index (χ1n) is 8.34. The lowest BCUT2D eigenvalue weighted by molar-refractivity contribution is 0.0917. The van der Waals surface area contributed by atoms with Gasteiger partial charge in [0.15, 0.2) is 0 Å². The molecule has 0 aliphatic carbocycles. The van der Waals surface area contributed by atoms with E-state index in [2.05, 4.69) is 15.5 Å². The maximum atomic E-state index is 12.7. The summed E-state index contributed by atoms with van der Waals surface area (Å²) in [5.41, 5.74) is 3.85.